The average molecular weight is 282 g/mol. The number of benzene rings is 2. The van der Waals surface area contributed by atoms with Gasteiger partial charge in [0.1, 0.15) is 0 Å². The molecule has 2 rings (SSSR count). The summed E-state index contributed by atoms with van der Waals surface area (Å²) in [4.78, 5) is 12.5. The van der Waals surface area contributed by atoms with Crippen molar-refractivity contribution in [2.45, 2.75) is 33.7 Å². The molecule has 2 aromatic carbocycles. The molecular weight excluding hydrogens is 260 g/mol. The molecule has 0 aromatic heterocycles. The zero-order valence-electron chi connectivity index (χ0n) is 13.0. The summed E-state index contributed by atoms with van der Waals surface area (Å²) in [6, 6.07) is 11.6. The van der Waals surface area contributed by atoms with E-state index in [0.717, 1.165) is 22.3 Å². The number of carbonyl (C=O) groups excluding carboxylic acids is 1. The molecule has 3 heteroatoms. The minimum atomic E-state index is -0.0823. The van der Waals surface area contributed by atoms with Gasteiger partial charge in [-0.2, -0.15) is 0 Å². The van der Waals surface area contributed by atoms with E-state index < -0.39 is 0 Å². The second-order valence-electron chi connectivity index (χ2n) is 5.64. The Kier molecular flexibility index (Phi) is 4.32. The number of anilines is 1. The second-order valence-corrected chi connectivity index (χ2v) is 5.64. The average Bonchev–Trinajstić information content (AvgIpc) is 2.37. The van der Waals surface area contributed by atoms with Crippen LogP contribution in [0.4, 0.5) is 5.69 Å². The van der Waals surface area contributed by atoms with E-state index in [2.05, 4.69) is 5.32 Å². The molecule has 2 aromatic rings. The Hall–Kier alpha value is -2.29. The van der Waals surface area contributed by atoms with Gasteiger partial charge in [0, 0.05) is 11.3 Å². The lowest BCUT2D eigenvalue weighted by atomic mass is 9.98. The number of nitrogens with one attached hydrogen (secondary N) is 1. The summed E-state index contributed by atoms with van der Waals surface area (Å²) in [5, 5.41) is 3.05. The Bertz CT molecular complexity index is 654. The first-order valence-corrected chi connectivity index (χ1v) is 7.12. The molecule has 0 radical (unpaired) electrons. The van der Waals surface area contributed by atoms with E-state index in [4.69, 9.17) is 5.73 Å². The molecule has 0 aliphatic carbocycles. The van der Waals surface area contributed by atoms with E-state index in [0.29, 0.717) is 5.69 Å². The van der Waals surface area contributed by atoms with Gasteiger partial charge in [0.25, 0.3) is 5.91 Å². The van der Waals surface area contributed by atoms with Gasteiger partial charge in [-0.05, 0) is 56.5 Å². The third-order valence-corrected chi connectivity index (χ3v) is 3.66. The number of hydrogen-bond acceptors (Lipinski definition) is 2. The quantitative estimate of drug-likeness (QED) is 0.844. The third kappa shape index (κ3) is 3.43. The Morgan fingerprint density at radius 3 is 2.29 bits per heavy atom. The molecule has 110 valence electrons. The first-order valence-electron chi connectivity index (χ1n) is 7.12. The first-order chi connectivity index (χ1) is 9.88. The van der Waals surface area contributed by atoms with Gasteiger partial charge in [-0.1, -0.05) is 29.8 Å². The molecule has 0 bridgehead atoms. The zero-order valence-corrected chi connectivity index (χ0v) is 13.0. The summed E-state index contributed by atoms with van der Waals surface area (Å²) in [7, 11) is 0. The molecule has 0 spiro atoms. The fourth-order valence-electron chi connectivity index (χ4n) is 2.72. The van der Waals surface area contributed by atoms with Crippen LogP contribution in [0, 0.1) is 20.8 Å². The van der Waals surface area contributed by atoms with Crippen LogP contribution in [0.3, 0.4) is 0 Å². The lowest BCUT2D eigenvalue weighted by Gasteiger charge is -2.17. The molecule has 0 aliphatic rings. The number of nitrogen functional groups attached to an aromatic ring is 1. The smallest absolute Gasteiger partial charge is 0.252 e. The minimum Gasteiger partial charge on any atom is -0.399 e. The predicted molar refractivity (Wildman–Crippen MR) is 87.4 cm³/mol. The molecule has 1 amide bonds. The largest absolute Gasteiger partial charge is 0.399 e. The maximum atomic E-state index is 12.5. The van der Waals surface area contributed by atoms with Gasteiger partial charge >= 0.3 is 0 Å². The molecule has 0 saturated heterocycles. The zero-order chi connectivity index (χ0) is 15.6. The molecule has 0 heterocycles. The highest BCUT2D eigenvalue weighted by Gasteiger charge is 2.16. The minimum absolute atomic E-state index is 0.0417. The van der Waals surface area contributed by atoms with Crippen molar-refractivity contribution in [3.05, 3.63) is 64.2 Å². The summed E-state index contributed by atoms with van der Waals surface area (Å²) < 4.78 is 0. The van der Waals surface area contributed by atoms with Crippen molar-refractivity contribution >= 4 is 11.6 Å². The van der Waals surface area contributed by atoms with Crippen LogP contribution < -0.4 is 11.1 Å². The van der Waals surface area contributed by atoms with Crippen LogP contribution >= 0.6 is 0 Å². The number of rotatable bonds is 3. The lowest BCUT2D eigenvalue weighted by Crippen LogP contribution is -2.28. The van der Waals surface area contributed by atoms with Gasteiger partial charge in [0.2, 0.25) is 0 Å². The standard InChI is InChI=1S/C18H22N2O/c1-11-8-12(2)17(13(3)9-11)18(21)20-14(4)15-6-5-7-16(19)10-15/h5-10,14H,19H2,1-4H3,(H,20,21). The Labute approximate surface area is 126 Å². The van der Waals surface area contributed by atoms with E-state index in [-0.39, 0.29) is 11.9 Å². The topological polar surface area (TPSA) is 55.1 Å². The third-order valence-electron chi connectivity index (χ3n) is 3.66. The van der Waals surface area contributed by atoms with Crippen molar-refractivity contribution in [1.82, 2.24) is 5.32 Å². The first kappa shape index (κ1) is 15.1. The molecule has 0 fully saturated rings. The summed E-state index contributed by atoms with van der Waals surface area (Å²) in [6.45, 7) is 7.95. The number of nitrogens with two attached hydrogens (primary N) is 1. The van der Waals surface area contributed by atoms with Gasteiger partial charge in [-0.15, -0.1) is 0 Å². The van der Waals surface area contributed by atoms with Crippen molar-refractivity contribution in [1.29, 1.82) is 0 Å². The van der Waals surface area contributed by atoms with Gasteiger partial charge in [0.05, 0.1) is 6.04 Å². The van der Waals surface area contributed by atoms with Crippen molar-refractivity contribution in [2.75, 3.05) is 5.73 Å². The van der Waals surface area contributed by atoms with Crippen molar-refractivity contribution in [3.63, 3.8) is 0 Å². The molecule has 3 nitrogen and oxygen atoms in total. The van der Waals surface area contributed by atoms with E-state index in [1.54, 1.807) is 0 Å². The fourth-order valence-corrected chi connectivity index (χ4v) is 2.72. The second kappa shape index (κ2) is 6.00. The Morgan fingerprint density at radius 1 is 1.10 bits per heavy atom. The highest BCUT2D eigenvalue weighted by atomic mass is 16.1. The Morgan fingerprint density at radius 2 is 1.71 bits per heavy atom. The van der Waals surface area contributed by atoms with Crippen LogP contribution in [-0.4, -0.2) is 5.91 Å². The predicted octanol–water partition coefficient (Wildman–Crippen LogP) is 3.69. The molecule has 21 heavy (non-hydrogen) atoms. The summed E-state index contributed by atoms with van der Waals surface area (Å²) in [6.07, 6.45) is 0. The van der Waals surface area contributed by atoms with Crippen molar-refractivity contribution in [3.8, 4) is 0 Å². The maximum absolute atomic E-state index is 12.5. The van der Waals surface area contributed by atoms with E-state index in [1.807, 2.05) is 64.1 Å². The lowest BCUT2D eigenvalue weighted by molar-refractivity contribution is 0.0938. The van der Waals surface area contributed by atoms with Crippen molar-refractivity contribution < 1.29 is 4.79 Å². The number of carbonyl (C=O) groups is 1. The van der Waals surface area contributed by atoms with Crippen LogP contribution in [0.15, 0.2) is 36.4 Å². The van der Waals surface area contributed by atoms with Crippen LogP contribution in [0.2, 0.25) is 0 Å². The van der Waals surface area contributed by atoms with E-state index in [9.17, 15) is 4.79 Å². The summed E-state index contributed by atoms with van der Waals surface area (Å²) in [5.41, 5.74) is 11.4. The molecule has 1 unspecified atom stereocenters. The van der Waals surface area contributed by atoms with E-state index in [1.165, 1.54) is 5.56 Å². The highest BCUT2D eigenvalue weighted by Crippen LogP contribution is 2.19. The van der Waals surface area contributed by atoms with Gasteiger partial charge in [-0.25, -0.2) is 0 Å². The van der Waals surface area contributed by atoms with Gasteiger partial charge < -0.3 is 11.1 Å². The van der Waals surface area contributed by atoms with Crippen molar-refractivity contribution in [2.24, 2.45) is 0 Å². The fraction of sp³-hybridized carbons (Fsp3) is 0.278. The maximum Gasteiger partial charge on any atom is 0.252 e. The monoisotopic (exact) mass is 282 g/mol. The van der Waals surface area contributed by atoms with Gasteiger partial charge in [0.15, 0.2) is 0 Å². The molecular formula is C18H22N2O. The highest BCUT2D eigenvalue weighted by molar-refractivity contribution is 5.97. The Balaban J connectivity index is 2.22. The molecule has 0 aliphatic heterocycles. The van der Waals surface area contributed by atoms with Crippen LogP contribution in [-0.2, 0) is 0 Å². The van der Waals surface area contributed by atoms with Crippen LogP contribution in [0.1, 0.15) is 45.6 Å². The number of hydrogen-bond donors (Lipinski definition) is 2. The molecule has 0 saturated carbocycles. The molecule has 1 atom stereocenters. The normalized spacial score (nSPS) is 12.0. The van der Waals surface area contributed by atoms with Crippen LogP contribution in [0.5, 0.6) is 0 Å². The van der Waals surface area contributed by atoms with E-state index >= 15 is 0 Å². The number of amides is 1. The molecule has 3 N–H and O–H groups in total. The summed E-state index contributed by atoms with van der Waals surface area (Å²) >= 11 is 0. The number of aryl methyl sites for hydroxylation is 3. The van der Waals surface area contributed by atoms with Crippen LogP contribution in [0.25, 0.3) is 0 Å². The van der Waals surface area contributed by atoms with Gasteiger partial charge in [-0.3, -0.25) is 4.79 Å². The summed E-state index contributed by atoms with van der Waals surface area (Å²) in [5.74, 6) is -0.0417. The SMILES string of the molecule is Cc1cc(C)c(C(=O)NC(C)c2cccc(N)c2)c(C)c1.